The van der Waals surface area contributed by atoms with E-state index in [0.29, 0.717) is 18.8 Å². The molecule has 0 bridgehead atoms. The van der Waals surface area contributed by atoms with Gasteiger partial charge < -0.3 is 9.80 Å². The largest absolute Gasteiger partial charge is 0.368 e. The molecule has 180 valence electrons. The molecule has 1 N–H and O–H groups in total. The van der Waals surface area contributed by atoms with Crippen molar-refractivity contribution < 1.29 is 4.79 Å². The van der Waals surface area contributed by atoms with E-state index in [0.717, 1.165) is 50.7 Å². The minimum absolute atomic E-state index is 0.0414. The van der Waals surface area contributed by atoms with Gasteiger partial charge in [0.1, 0.15) is 16.4 Å². The minimum Gasteiger partial charge on any atom is -0.368 e. The Labute approximate surface area is 213 Å². The molecule has 0 unspecified atom stereocenters. The highest BCUT2D eigenvalue weighted by Gasteiger charge is 2.28. The predicted octanol–water partition coefficient (Wildman–Crippen LogP) is 5.33. The Balaban J connectivity index is 1.36. The van der Waals surface area contributed by atoms with E-state index in [1.165, 1.54) is 22.6 Å². The number of aryl methyl sites for hydroxylation is 2. The van der Waals surface area contributed by atoms with Crippen molar-refractivity contribution in [2.75, 3.05) is 31.1 Å². The number of amides is 1. The summed E-state index contributed by atoms with van der Waals surface area (Å²) in [5.41, 5.74) is 6.61. The number of piperazine rings is 1. The molecule has 0 aliphatic carbocycles. The number of pyridine rings is 1. The maximum absolute atomic E-state index is 13.8. The number of thiazole rings is 1. The molecule has 8 heteroatoms. The minimum atomic E-state index is -0.0414. The van der Waals surface area contributed by atoms with Gasteiger partial charge >= 0.3 is 0 Å². The molecule has 0 radical (unpaired) electrons. The third-order valence-corrected chi connectivity index (χ3v) is 7.77. The first-order valence-corrected chi connectivity index (χ1v) is 12.9. The molecule has 1 aliphatic heterocycles. The van der Waals surface area contributed by atoms with Gasteiger partial charge in [-0.1, -0.05) is 35.9 Å². The molecule has 7 nitrogen and oxygen atoms in total. The van der Waals surface area contributed by atoms with Gasteiger partial charge in [-0.3, -0.25) is 14.9 Å². The molecule has 2 aromatic carbocycles. The van der Waals surface area contributed by atoms with Gasteiger partial charge in [-0.2, -0.15) is 5.10 Å². The molecule has 6 rings (SSSR count). The van der Waals surface area contributed by atoms with Crippen LogP contribution in [-0.2, 0) is 0 Å². The van der Waals surface area contributed by atoms with Crippen molar-refractivity contribution in [2.45, 2.75) is 13.8 Å². The number of carbonyl (C=O) groups is 1. The van der Waals surface area contributed by atoms with Crippen LogP contribution in [-0.4, -0.2) is 57.2 Å². The maximum Gasteiger partial charge on any atom is 0.274 e. The second-order valence-electron chi connectivity index (χ2n) is 9.13. The fourth-order valence-corrected chi connectivity index (χ4v) is 5.91. The second-order valence-corrected chi connectivity index (χ2v) is 10.1. The molecule has 36 heavy (non-hydrogen) atoms. The molecule has 0 saturated carbocycles. The molecular formula is C28H26N6OS. The number of anilines is 1. The van der Waals surface area contributed by atoms with Gasteiger partial charge in [0.25, 0.3) is 5.91 Å². The monoisotopic (exact) mass is 494 g/mol. The summed E-state index contributed by atoms with van der Waals surface area (Å²) in [6, 6.07) is 18.5. The van der Waals surface area contributed by atoms with E-state index >= 15 is 0 Å². The summed E-state index contributed by atoms with van der Waals surface area (Å²) in [5, 5.41) is 9.51. The smallest absolute Gasteiger partial charge is 0.274 e. The number of nitrogens with zero attached hydrogens (tertiary/aromatic N) is 5. The fraction of sp³-hybridized carbons (Fsp3) is 0.214. The number of para-hydroxylation sites is 1. The van der Waals surface area contributed by atoms with Crippen LogP contribution in [0, 0.1) is 13.8 Å². The van der Waals surface area contributed by atoms with E-state index in [4.69, 9.17) is 4.98 Å². The third-order valence-electron chi connectivity index (χ3n) is 6.65. The number of fused-ring (bicyclic) bond motifs is 1. The van der Waals surface area contributed by atoms with Crippen LogP contribution in [0.25, 0.3) is 32.0 Å². The van der Waals surface area contributed by atoms with Crippen LogP contribution in [0.4, 0.5) is 5.69 Å². The van der Waals surface area contributed by atoms with Crippen molar-refractivity contribution in [2.24, 2.45) is 0 Å². The van der Waals surface area contributed by atoms with Crippen molar-refractivity contribution in [1.29, 1.82) is 0 Å². The maximum atomic E-state index is 13.8. The van der Waals surface area contributed by atoms with Crippen LogP contribution >= 0.6 is 11.3 Å². The van der Waals surface area contributed by atoms with Gasteiger partial charge in [-0.25, -0.2) is 4.98 Å². The van der Waals surface area contributed by atoms with E-state index in [1.54, 1.807) is 12.4 Å². The molecule has 3 aromatic heterocycles. The zero-order valence-corrected chi connectivity index (χ0v) is 21.0. The number of carbonyl (C=O) groups excluding carboxylic acids is 1. The summed E-state index contributed by atoms with van der Waals surface area (Å²) in [6.45, 7) is 7.03. The van der Waals surface area contributed by atoms with Crippen LogP contribution in [0.3, 0.4) is 0 Å². The van der Waals surface area contributed by atoms with Crippen molar-refractivity contribution in [3.63, 3.8) is 0 Å². The van der Waals surface area contributed by atoms with Crippen LogP contribution in [0.1, 0.15) is 21.6 Å². The average molecular weight is 495 g/mol. The third kappa shape index (κ3) is 4.03. The van der Waals surface area contributed by atoms with E-state index in [2.05, 4.69) is 58.2 Å². The van der Waals surface area contributed by atoms with Gasteiger partial charge in [0.2, 0.25) is 0 Å². The molecule has 1 amide bonds. The zero-order valence-electron chi connectivity index (χ0n) is 20.2. The number of rotatable bonds is 4. The van der Waals surface area contributed by atoms with E-state index in [1.807, 2.05) is 35.2 Å². The lowest BCUT2D eigenvalue weighted by molar-refractivity contribution is 0.0742. The molecule has 1 fully saturated rings. The van der Waals surface area contributed by atoms with Crippen LogP contribution in [0.15, 0.2) is 67.0 Å². The molecule has 0 spiro atoms. The number of H-pyrrole nitrogens is 1. The summed E-state index contributed by atoms with van der Waals surface area (Å²) in [4.78, 5) is 28.1. The van der Waals surface area contributed by atoms with Crippen molar-refractivity contribution in [1.82, 2.24) is 25.1 Å². The van der Waals surface area contributed by atoms with Crippen molar-refractivity contribution >= 4 is 33.8 Å². The summed E-state index contributed by atoms with van der Waals surface area (Å²) in [5.74, 6) is -0.0414. The van der Waals surface area contributed by atoms with E-state index in [9.17, 15) is 4.79 Å². The van der Waals surface area contributed by atoms with Gasteiger partial charge in [0, 0.05) is 55.2 Å². The van der Waals surface area contributed by atoms with E-state index in [-0.39, 0.29) is 5.91 Å². The van der Waals surface area contributed by atoms with Gasteiger partial charge in [-0.15, -0.1) is 11.3 Å². The highest BCUT2D eigenvalue weighted by Crippen LogP contribution is 2.38. The lowest BCUT2D eigenvalue weighted by atomic mass is 10.1. The molecule has 0 atom stereocenters. The zero-order chi connectivity index (χ0) is 24.6. The number of aromatic nitrogens is 4. The Morgan fingerprint density at radius 1 is 1.00 bits per heavy atom. The first-order valence-electron chi connectivity index (χ1n) is 12.0. The van der Waals surface area contributed by atoms with Gasteiger partial charge in [0.15, 0.2) is 0 Å². The molecule has 1 saturated heterocycles. The highest BCUT2D eigenvalue weighted by molar-refractivity contribution is 7.18. The number of hydrogen-bond donors (Lipinski definition) is 1. The van der Waals surface area contributed by atoms with Crippen LogP contribution in [0.2, 0.25) is 0 Å². The van der Waals surface area contributed by atoms with Gasteiger partial charge in [0.05, 0.1) is 10.4 Å². The van der Waals surface area contributed by atoms with Gasteiger partial charge in [-0.05, 0) is 43.7 Å². The summed E-state index contributed by atoms with van der Waals surface area (Å²) >= 11 is 1.51. The Hall–Kier alpha value is -4.04. The quantitative estimate of drug-likeness (QED) is 0.366. The Bertz CT molecular complexity index is 1530. The standard InChI is InChI=1S/C28H26N6OS/c1-18-15-19(2)23-22(16-18)24(32-31-23)27-30-25(26(36-27)20-7-6-10-29-17-20)28(35)34-13-11-33(12-14-34)21-8-4-3-5-9-21/h3-10,15-17H,11-14H2,1-2H3,(H,31,32). The molecule has 4 heterocycles. The van der Waals surface area contributed by atoms with Crippen molar-refractivity contribution in [3.05, 3.63) is 83.8 Å². The number of benzene rings is 2. The lowest BCUT2D eigenvalue weighted by Crippen LogP contribution is -2.49. The molecule has 5 aromatic rings. The second kappa shape index (κ2) is 9.20. The molecular weight excluding hydrogens is 468 g/mol. The summed E-state index contributed by atoms with van der Waals surface area (Å²) in [7, 11) is 0. The van der Waals surface area contributed by atoms with Crippen LogP contribution < -0.4 is 4.90 Å². The number of nitrogens with one attached hydrogen (secondary N) is 1. The Morgan fingerprint density at radius 2 is 1.81 bits per heavy atom. The van der Waals surface area contributed by atoms with E-state index < -0.39 is 0 Å². The summed E-state index contributed by atoms with van der Waals surface area (Å²) in [6.07, 6.45) is 3.53. The first-order chi connectivity index (χ1) is 17.6. The predicted molar refractivity (Wildman–Crippen MR) is 144 cm³/mol. The number of hydrogen-bond acceptors (Lipinski definition) is 6. The molecule has 1 aliphatic rings. The summed E-state index contributed by atoms with van der Waals surface area (Å²) < 4.78 is 0. The average Bonchev–Trinajstić information content (AvgIpc) is 3.54. The van der Waals surface area contributed by atoms with Crippen LogP contribution in [0.5, 0.6) is 0 Å². The SMILES string of the molecule is Cc1cc(C)c2n[nH]c(-c3nc(C(=O)N4CCN(c5ccccc5)CC4)c(-c4cccnc4)s3)c2c1. The number of aromatic amines is 1. The normalized spacial score (nSPS) is 13.9. The Kier molecular flexibility index (Phi) is 5.73. The lowest BCUT2D eigenvalue weighted by Gasteiger charge is -2.36. The fourth-order valence-electron chi connectivity index (χ4n) is 4.86. The topological polar surface area (TPSA) is 78.0 Å². The first kappa shape index (κ1) is 22.4. The highest BCUT2D eigenvalue weighted by atomic mass is 32.1. The van der Waals surface area contributed by atoms with Crippen molar-refractivity contribution in [3.8, 4) is 21.1 Å². The Morgan fingerprint density at radius 3 is 2.56 bits per heavy atom.